The van der Waals surface area contributed by atoms with E-state index in [1.165, 1.54) is 12.8 Å². The van der Waals surface area contributed by atoms with Crippen LogP contribution in [0, 0.1) is 0 Å². The normalized spacial score (nSPS) is 16.7. The van der Waals surface area contributed by atoms with Gasteiger partial charge in [-0.25, -0.2) is 14.3 Å². The lowest BCUT2D eigenvalue weighted by atomic mass is 10.1. The van der Waals surface area contributed by atoms with Crippen molar-refractivity contribution >= 4 is 0 Å². The van der Waals surface area contributed by atoms with Crippen molar-refractivity contribution in [2.75, 3.05) is 13.2 Å². The van der Waals surface area contributed by atoms with E-state index in [1.54, 1.807) is 11.0 Å². The molecule has 1 aliphatic carbocycles. The molecule has 1 saturated carbocycles. The van der Waals surface area contributed by atoms with Crippen LogP contribution in [0.5, 0.6) is 11.5 Å². The zero-order chi connectivity index (χ0) is 18.1. The largest absolute Gasteiger partial charge is 0.486 e. The summed E-state index contributed by atoms with van der Waals surface area (Å²) in [4.78, 5) is 4.88. The Bertz CT molecular complexity index is 916. The maximum Gasteiger partial charge on any atom is 0.163 e. The van der Waals surface area contributed by atoms with E-state index in [1.807, 2.05) is 22.9 Å². The highest BCUT2D eigenvalue weighted by Crippen LogP contribution is 2.34. The number of hydrogen-bond acceptors (Lipinski definition) is 7. The zero-order valence-corrected chi connectivity index (χ0v) is 15.0. The Balaban J connectivity index is 1.48. The molecule has 5 rings (SSSR count). The molecule has 2 aliphatic rings. The second-order valence-corrected chi connectivity index (χ2v) is 6.93. The molecule has 1 aromatic carbocycles. The van der Waals surface area contributed by atoms with Gasteiger partial charge in [-0.1, -0.05) is 12.8 Å². The number of hydrogen-bond donors (Lipinski definition) is 0. The van der Waals surface area contributed by atoms with Crippen LogP contribution in [-0.2, 0) is 13.0 Å². The highest BCUT2D eigenvalue weighted by molar-refractivity contribution is 5.49. The number of tetrazole rings is 1. The average Bonchev–Trinajstić information content (AvgIpc) is 3.47. The Hall–Kier alpha value is -2.97. The summed E-state index contributed by atoms with van der Waals surface area (Å²) >= 11 is 0. The lowest BCUT2D eigenvalue weighted by molar-refractivity contribution is 0.171. The van der Waals surface area contributed by atoms with E-state index in [2.05, 4.69) is 15.5 Å². The maximum absolute atomic E-state index is 5.73. The Morgan fingerprint density at radius 1 is 1.07 bits per heavy atom. The highest BCUT2D eigenvalue weighted by atomic mass is 16.6. The molecule has 3 heterocycles. The van der Waals surface area contributed by atoms with Gasteiger partial charge in [-0.3, -0.25) is 0 Å². The topological polar surface area (TPSA) is 92.8 Å². The molecule has 1 aliphatic heterocycles. The molecule has 27 heavy (non-hydrogen) atoms. The molecule has 140 valence electrons. The lowest BCUT2D eigenvalue weighted by Gasteiger charge is -2.19. The number of ether oxygens (including phenoxy) is 2. The van der Waals surface area contributed by atoms with Crippen LogP contribution < -0.4 is 9.47 Å². The van der Waals surface area contributed by atoms with Gasteiger partial charge in [-0.05, 0) is 35.4 Å². The van der Waals surface area contributed by atoms with Crippen molar-refractivity contribution < 1.29 is 9.47 Å². The van der Waals surface area contributed by atoms with Crippen LogP contribution in [0.3, 0.4) is 0 Å². The second-order valence-electron chi connectivity index (χ2n) is 6.93. The predicted molar refractivity (Wildman–Crippen MR) is 95.1 cm³/mol. The minimum atomic E-state index is 0.454. The quantitative estimate of drug-likeness (QED) is 0.680. The molecular weight excluding hydrogens is 346 g/mol. The molecule has 0 spiro atoms. The molecule has 3 aromatic rings. The minimum absolute atomic E-state index is 0.454. The summed E-state index contributed by atoms with van der Waals surface area (Å²) in [6.07, 6.45) is 7.14. The molecule has 0 atom stereocenters. The smallest absolute Gasteiger partial charge is 0.163 e. The van der Waals surface area contributed by atoms with E-state index in [0.29, 0.717) is 32.1 Å². The molecular formula is C18H21N7O2. The van der Waals surface area contributed by atoms with Gasteiger partial charge in [-0.2, -0.15) is 5.10 Å². The third kappa shape index (κ3) is 3.24. The summed E-state index contributed by atoms with van der Waals surface area (Å²) in [5.41, 5.74) is 0.933. The summed E-state index contributed by atoms with van der Waals surface area (Å²) in [5, 5.41) is 16.2. The van der Waals surface area contributed by atoms with Crippen LogP contribution in [0.2, 0.25) is 0 Å². The van der Waals surface area contributed by atoms with Crippen molar-refractivity contribution in [2.45, 2.75) is 44.6 Å². The van der Waals surface area contributed by atoms with Gasteiger partial charge in [0.1, 0.15) is 25.4 Å². The molecule has 2 aromatic heterocycles. The van der Waals surface area contributed by atoms with E-state index in [9.17, 15) is 0 Å². The molecule has 0 amide bonds. The third-order valence-corrected chi connectivity index (χ3v) is 5.14. The fraction of sp³-hybridized carbons (Fsp3) is 0.500. The molecule has 0 saturated heterocycles. The van der Waals surface area contributed by atoms with Gasteiger partial charge >= 0.3 is 0 Å². The van der Waals surface area contributed by atoms with Crippen LogP contribution >= 0.6 is 0 Å². The first-order chi connectivity index (χ1) is 13.4. The van der Waals surface area contributed by atoms with Crippen molar-refractivity contribution in [3.05, 3.63) is 36.2 Å². The first-order valence-electron chi connectivity index (χ1n) is 9.43. The summed E-state index contributed by atoms with van der Waals surface area (Å²) in [7, 11) is 0. The third-order valence-electron chi connectivity index (χ3n) is 5.14. The number of aryl methyl sites for hydroxylation is 2. The summed E-state index contributed by atoms with van der Waals surface area (Å²) in [5.74, 6) is 3.83. The van der Waals surface area contributed by atoms with Crippen molar-refractivity contribution in [1.29, 1.82) is 0 Å². The second kappa shape index (κ2) is 6.98. The maximum atomic E-state index is 5.73. The number of rotatable bonds is 5. The fourth-order valence-electron chi connectivity index (χ4n) is 3.75. The van der Waals surface area contributed by atoms with Crippen LogP contribution in [-0.4, -0.2) is 48.2 Å². The minimum Gasteiger partial charge on any atom is -0.486 e. The monoisotopic (exact) mass is 367 g/mol. The van der Waals surface area contributed by atoms with E-state index in [4.69, 9.17) is 19.6 Å². The van der Waals surface area contributed by atoms with Crippen molar-refractivity contribution in [1.82, 2.24) is 35.0 Å². The summed E-state index contributed by atoms with van der Waals surface area (Å²) in [6.45, 7) is 1.80. The molecule has 0 unspecified atom stereocenters. The first kappa shape index (κ1) is 16.2. The number of benzene rings is 1. The van der Waals surface area contributed by atoms with Gasteiger partial charge in [0.15, 0.2) is 17.3 Å². The molecule has 9 heteroatoms. The van der Waals surface area contributed by atoms with Gasteiger partial charge < -0.3 is 9.47 Å². The Labute approximate surface area is 156 Å². The summed E-state index contributed by atoms with van der Waals surface area (Å²) in [6, 6.07) is 5.91. The molecule has 0 N–H and O–H groups in total. The van der Waals surface area contributed by atoms with E-state index in [-0.39, 0.29) is 0 Å². The standard InChI is InChI=1S/C18H21N7O2/c1-2-4-13(3-1)18-20-17(7-8-24-12-19-22-23-24)25(21-18)14-5-6-15-16(11-14)27-10-9-26-15/h5-6,11-13H,1-4,7-10H2. The van der Waals surface area contributed by atoms with Crippen LogP contribution in [0.15, 0.2) is 24.5 Å². The van der Waals surface area contributed by atoms with Crippen LogP contribution in [0.1, 0.15) is 43.3 Å². The average molecular weight is 367 g/mol. The van der Waals surface area contributed by atoms with Crippen molar-refractivity contribution in [2.24, 2.45) is 0 Å². The van der Waals surface area contributed by atoms with Crippen molar-refractivity contribution in [3.8, 4) is 17.2 Å². The molecule has 0 radical (unpaired) electrons. The van der Waals surface area contributed by atoms with E-state index >= 15 is 0 Å². The summed E-state index contributed by atoms with van der Waals surface area (Å²) < 4.78 is 15.0. The van der Waals surface area contributed by atoms with E-state index < -0.39 is 0 Å². The first-order valence-corrected chi connectivity index (χ1v) is 9.43. The SMILES string of the molecule is c1cc2c(cc1-n1nc(C3CCCC3)nc1CCn1cnnn1)OCCO2. The molecule has 1 fully saturated rings. The lowest BCUT2D eigenvalue weighted by Crippen LogP contribution is -2.16. The Morgan fingerprint density at radius 2 is 1.93 bits per heavy atom. The van der Waals surface area contributed by atoms with Crippen molar-refractivity contribution in [3.63, 3.8) is 0 Å². The van der Waals surface area contributed by atoms with Crippen LogP contribution in [0.25, 0.3) is 5.69 Å². The van der Waals surface area contributed by atoms with Gasteiger partial charge in [0.2, 0.25) is 0 Å². The number of aromatic nitrogens is 7. The number of fused-ring (bicyclic) bond motifs is 1. The van der Waals surface area contributed by atoms with Gasteiger partial charge in [-0.15, -0.1) is 5.10 Å². The van der Waals surface area contributed by atoms with E-state index in [0.717, 1.165) is 41.7 Å². The Morgan fingerprint density at radius 3 is 2.74 bits per heavy atom. The van der Waals surface area contributed by atoms with Gasteiger partial charge in [0.25, 0.3) is 0 Å². The molecule has 0 bridgehead atoms. The van der Waals surface area contributed by atoms with Gasteiger partial charge in [0.05, 0.1) is 12.2 Å². The molecule has 9 nitrogen and oxygen atoms in total. The zero-order valence-electron chi connectivity index (χ0n) is 15.0. The number of nitrogens with zero attached hydrogens (tertiary/aromatic N) is 7. The predicted octanol–water partition coefficient (Wildman–Crippen LogP) is 1.93. The highest BCUT2D eigenvalue weighted by Gasteiger charge is 2.24. The Kier molecular flexibility index (Phi) is 4.19. The fourth-order valence-corrected chi connectivity index (χ4v) is 3.75. The van der Waals surface area contributed by atoms with Gasteiger partial charge in [0, 0.05) is 18.4 Å². The van der Waals surface area contributed by atoms with Crippen LogP contribution in [0.4, 0.5) is 0 Å².